The molecule has 114 valence electrons. The normalized spacial score (nSPS) is 9.76. The summed E-state index contributed by atoms with van der Waals surface area (Å²) >= 11 is 6.46. The Hall–Kier alpha value is -1.34. The Bertz CT molecular complexity index is 577. The van der Waals surface area contributed by atoms with Gasteiger partial charge in [-0.2, -0.15) is 0 Å². The molecule has 1 aromatic rings. The monoisotopic (exact) mass is 420 g/mol. The minimum Gasteiger partial charge on any atom is -0.497 e. The zero-order valence-electron chi connectivity index (χ0n) is 11.7. The van der Waals surface area contributed by atoms with Crippen LogP contribution in [0.5, 0.6) is 11.5 Å². The van der Waals surface area contributed by atoms with Crippen LogP contribution >= 0.6 is 31.9 Å². The molecule has 0 heterocycles. The van der Waals surface area contributed by atoms with Gasteiger partial charge in [-0.25, -0.2) is 4.79 Å². The third-order valence-corrected chi connectivity index (χ3v) is 2.80. The molecule has 0 amide bonds. The molecule has 0 aliphatic heterocycles. The number of methoxy groups -OCH3 is 1. The van der Waals surface area contributed by atoms with E-state index in [1.165, 1.54) is 20.1 Å². The van der Waals surface area contributed by atoms with Gasteiger partial charge in [-0.05, 0) is 56.5 Å². The topological polar surface area (TPSA) is 61.8 Å². The van der Waals surface area contributed by atoms with Crippen LogP contribution in [0.4, 0.5) is 0 Å². The van der Waals surface area contributed by atoms with Gasteiger partial charge in [0.25, 0.3) is 0 Å². The molecule has 0 aromatic heterocycles. The summed E-state index contributed by atoms with van der Waals surface area (Å²) in [6.45, 7) is 3.16. The SMILES string of the molecule is CCOC(=O)c1c(C=C(Br)Br)cc(OC)cc1OC(C)=O. The molecule has 1 rings (SSSR count). The smallest absolute Gasteiger partial charge is 0.342 e. The van der Waals surface area contributed by atoms with Crippen molar-refractivity contribution >= 4 is 49.9 Å². The molecule has 1 aromatic carbocycles. The van der Waals surface area contributed by atoms with Gasteiger partial charge in [-0.1, -0.05) is 0 Å². The van der Waals surface area contributed by atoms with Crippen molar-refractivity contribution in [3.05, 3.63) is 26.7 Å². The fourth-order valence-corrected chi connectivity index (χ4v) is 2.11. The maximum absolute atomic E-state index is 12.1. The van der Waals surface area contributed by atoms with Crippen LogP contribution in [-0.2, 0) is 9.53 Å². The predicted molar refractivity (Wildman–Crippen MR) is 86.1 cm³/mol. The molecule has 0 bridgehead atoms. The van der Waals surface area contributed by atoms with E-state index in [1.807, 2.05) is 0 Å². The first-order valence-corrected chi connectivity index (χ1v) is 7.57. The highest BCUT2D eigenvalue weighted by Gasteiger charge is 2.21. The molecule has 0 saturated carbocycles. The quantitative estimate of drug-likeness (QED) is 0.533. The Morgan fingerprint density at radius 1 is 1.29 bits per heavy atom. The minimum atomic E-state index is -0.580. The lowest BCUT2D eigenvalue weighted by Gasteiger charge is -2.13. The lowest BCUT2D eigenvalue weighted by molar-refractivity contribution is -0.131. The number of esters is 2. The molecule has 0 saturated heterocycles. The predicted octanol–water partition coefficient (Wildman–Crippen LogP) is 3.89. The lowest BCUT2D eigenvalue weighted by Crippen LogP contribution is -2.12. The van der Waals surface area contributed by atoms with E-state index in [1.54, 1.807) is 19.1 Å². The van der Waals surface area contributed by atoms with E-state index in [-0.39, 0.29) is 17.9 Å². The van der Waals surface area contributed by atoms with Crippen LogP contribution in [0.2, 0.25) is 0 Å². The summed E-state index contributed by atoms with van der Waals surface area (Å²) in [6, 6.07) is 3.11. The van der Waals surface area contributed by atoms with Crippen molar-refractivity contribution in [2.75, 3.05) is 13.7 Å². The Balaban J connectivity index is 3.53. The Kier molecular flexibility index (Phi) is 6.91. The van der Waals surface area contributed by atoms with Crippen LogP contribution in [-0.4, -0.2) is 25.7 Å². The maximum Gasteiger partial charge on any atom is 0.342 e. The molecule has 0 radical (unpaired) electrons. The molecule has 0 unspecified atom stereocenters. The van der Waals surface area contributed by atoms with Gasteiger partial charge in [0.15, 0.2) is 0 Å². The first kappa shape index (κ1) is 17.7. The summed E-state index contributed by atoms with van der Waals surface area (Å²) in [4.78, 5) is 23.4. The second kappa shape index (κ2) is 8.19. The standard InChI is InChI=1S/C14H14Br2O5/c1-4-20-14(18)13-9(6-12(15)16)5-10(19-3)7-11(13)21-8(2)17/h5-7H,4H2,1-3H3. The van der Waals surface area contributed by atoms with E-state index in [0.717, 1.165) is 0 Å². The number of ether oxygens (including phenoxy) is 3. The number of carbonyl (C=O) groups is 2. The van der Waals surface area contributed by atoms with Gasteiger partial charge in [0, 0.05) is 13.0 Å². The molecule has 0 fully saturated rings. The maximum atomic E-state index is 12.1. The molecule has 21 heavy (non-hydrogen) atoms. The molecule has 0 aliphatic rings. The first-order valence-electron chi connectivity index (χ1n) is 5.99. The summed E-state index contributed by atoms with van der Waals surface area (Å²) in [7, 11) is 1.48. The molecule has 0 N–H and O–H groups in total. The number of benzene rings is 1. The van der Waals surface area contributed by atoms with Gasteiger partial charge < -0.3 is 14.2 Å². The molecular weight excluding hydrogens is 408 g/mol. The number of carbonyl (C=O) groups excluding carboxylic acids is 2. The van der Waals surface area contributed by atoms with E-state index in [9.17, 15) is 9.59 Å². The minimum absolute atomic E-state index is 0.0906. The highest BCUT2D eigenvalue weighted by molar-refractivity contribution is 9.28. The van der Waals surface area contributed by atoms with Crippen LogP contribution in [0.25, 0.3) is 6.08 Å². The summed E-state index contributed by atoms with van der Waals surface area (Å²) in [5.41, 5.74) is 0.650. The van der Waals surface area contributed by atoms with Crippen molar-refractivity contribution in [1.29, 1.82) is 0 Å². The van der Waals surface area contributed by atoms with Gasteiger partial charge >= 0.3 is 11.9 Å². The summed E-state index contributed by atoms with van der Waals surface area (Å²) in [5.74, 6) is -0.579. The van der Waals surface area contributed by atoms with E-state index >= 15 is 0 Å². The first-order chi connectivity index (χ1) is 9.88. The van der Waals surface area contributed by atoms with Gasteiger partial charge in [0.1, 0.15) is 17.1 Å². The van der Waals surface area contributed by atoms with E-state index in [0.29, 0.717) is 14.7 Å². The van der Waals surface area contributed by atoms with Crippen LogP contribution in [0, 0.1) is 0 Å². The van der Waals surface area contributed by atoms with Crippen molar-refractivity contribution in [1.82, 2.24) is 0 Å². The van der Waals surface area contributed by atoms with Crippen LogP contribution in [0.1, 0.15) is 29.8 Å². The molecule has 7 heteroatoms. The lowest BCUT2D eigenvalue weighted by atomic mass is 10.1. The van der Waals surface area contributed by atoms with Crippen molar-refractivity contribution in [3.63, 3.8) is 0 Å². The van der Waals surface area contributed by atoms with E-state index in [4.69, 9.17) is 14.2 Å². The summed E-state index contributed by atoms with van der Waals surface area (Å²) < 4.78 is 15.9. The zero-order valence-corrected chi connectivity index (χ0v) is 14.9. The fraction of sp³-hybridized carbons (Fsp3) is 0.286. The third-order valence-electron chi connectivity index (χ3n) is 2.34. The average molecular weight is 422 g/mol. The second-order valence-electron chi connectivity index (χ2n) is 3.84. The number of hydrogen-bond donors (Lipinski definition) is 0. The van der Waals surface area contributed by atoms with Crippen molar-refractivity contribution in [2.45, 2.75) is 13.8 Å². The van der Waals surface area contributed by atoms with Crippen molar-refractivity contribution < 1.29 is 23.8 Å². The Labute approximate surface area is 139 Å². The van der Waals surface area contributed by atoms with Gasteiger partial charge in [0.2, 0.25) is 0 Å². The van der Waals surface area contributed by atoms with E-state index < -0.39 is 11.9 Å². The molecule has 0 aliphatic carbocycles. The molecule has 0 spiro atoms. The Morgan fingerprint density at radius 2 is 1.95 bits per heavy atom. The van der Waals surface area contributed by atoms with E-state index in [2.05, 4.69) is 31.9 Å². The highest BCUT2D eigenvalue weighted by atomic mass is 79.9. The van der Waals surface area contributed by atoms with Crippen molar-refractivity contribution in [3.8, 4) is 11.5 Å². The third kappa shape index (κ3) is 5.17. The largest absolute Gasteiger partial charge is 0.497 e. The highest BCUT2D eigenvalue weighted by Crippen LogP contribution is 2.32. The Morgan fingerprint density at radius 3 is 2.43 bits per heavy atom. The summed E-state index contributed by atoms with van der Waals surface area (Å²) in [5, 5.41) is 0. The average Bonchev–Trinajstić information content (AvgIpc) is 2.36. The van der Waals surface area contributed by atoms with Gasteiger partial charge in [-0.15, -0.1) is 0 Å². The van der Waals surface area contributed by atoms with Crippen LogP contribution < -0.4 is 9.47 Å². The second-order valence-corrected chi connectivity index (χ2v) is 6.61. The molecule has 5 nitrogen and oxygen atoms in total. The van der Waals surface area contributed by atoms with Gasteiger partial charge in [0.05, 0.1) is 17.1 Å². The van der Waals surface area contributed by atoms with Gasteiger partial charge in [-0.3, -0.25) is 4.79 Å². The molecular formula is C14H14Br2O5. The molecule has 0 atom stereocenters. The summed E-state index contributed by atoms with van der Waals surface area (Å²) in [6.07, 6.45) is 1.64. The van der Waals surface area contributed by atoms with Crippen LogP contribution in [0.15, 0.2) is 15.5 Å². The van der Waals surface area contributed by atoms with Crippen molar-refractivity contribution in [2.24, 2.45) is 0 Å². The number of rotatable bonds is 5. The zero-order chi connectivity index (χ0) is 16.0. The number of halogens is 2. The van der Waals surface area contributed by atoms with Crippen LogP contribution in [0.3, 0.4) is 0 Å². The number of hydrogen-bond acceptors (Lipinski definition) is 5. The fourth-order valence-electron chi connectivity index (χ4n) is 1.62.